The molecule has 3 rings (SSSR count). The molecule has 2 aromatic heterocycles. The van der Waals surface area contributed by atoms with Gasteiger partial charge in [-0.15, -0.1) is 0 Å². The van der Waals surface area contributed by atoms with Gasteiger partial charge in [-0.3, -0.25) is 0 Å². The molecule has 0 spiro atoms. The Morgan fingerprint density at radius 3 is 3.00 bits per heavy atom. The van der Waals surface area contributed by atoms with Gasteiger partial charge in [-0.2, -0.15) is 0 Å². The minimum atomic E-state index is -1.11. The molecule has 90 valence electrons. The highest BCUT2D eigenvalue weighted by Crippen LogP contribution is 2.29. The molecule has 0 fully saturated rings. The highest BCUT2D eigenvalue weighted by atomic mass is 16.5. The van der Waals surface area contributed by atoms with Crippen molar-refractivity contribution < 1.29 is 14.4 Å². The second kappa shape index (κ2) is 3.73. The maximum atomic E-state index is 11.1. The molecule has 5 heteroatoms. The standard InChI is InChI=1S/C13H10N2O3/c1-7-11(12(13(16)17)18-15-7)9-2-3-10-8(6-9)4-5-14-10/h2-6,14H,1H3,(H,16,17). The van der Waals surface area contributed by atoms with Gasteiger partial charge in [0.05, 0.1) is 11.3 Å². The highest BCUT2D eigenvalue weighted by Gasteiger charge is 2.20. The van der Waals surface area contributed by atoms with Crippen LogP contribution in [-0.2, 0) is 0 Å². The lowest BCUT2D eigenvalue weighted by atomic mass is 10.0. The van der Waals surface area contributed by atoms with E-state index in [4.69, 9.17) is 9.63 Å². The lowest BCUT2D eigenvalue weighted by Gasteiger charge is -2.00. The first kappa shape index (κ1) is 10.6. The number of fused-ring (bicyclic) bond motifs is 1. The first-order valence-electron chi connectivity index (χ1n) is 5.44. The van der Waals surface area contributed by atoms with Gasteiger partial charge < -0.3 is 14.6 Å². The van der Waals surface area contributed by atoms with E-state index >= 15 is 0 Å². The molecule has 0 bridgehead atoms. The average Bonchev–Trinajstić information content (AvgIpc) is 2.93. The van der Waals surface area contributed by atoms with Crippen LogP contribution in [0.25, 0.3) is 22.0 Å². The number of benzene rings is 1. The van der Waals surface area contributed by atoms with E-state index in [1.807, 2.05) is 30.5 Å². The minimum absolute atomic E-state index is 0.123. The normalized spacial score (nSPS) is 10.9. The van der Waals surface area contributed by atoms with Crippen molar-refractivity contribution in [3.05, 3.63) is 41.9 Å². The number of carbonyl (C=O) groups is 1. The molecular weight excluding hydrogens is 232 g/mol. The van der Waals surface area contributed by atoms with E-state index in [1.54, 1.807) is 6.92 Å². The molecule has 0 unspecified atom stereocenters. The number of carboxylic acids is 1. The van der Waals surface area contributed by atoms with Crippen LogP contribution < -0.4 is 0 Å². The number of rotatable bonds is 2. The number of aromatic nitrogens is 2. The number of aromatic carboxylic acids is 1. The summed E-state index contributed by atoms with van der Waals surface area (Å²) in [6.07, 6.45) is 1.84. The van der Waals surface area contributed by atoms with Crippen LogP contribution in [0.5, 0.6) is 0 Å². The van der Waals surface area contributed by atoms with Crippen LogP contribution in [0.3, 0.4) is 0 Å². The van der Waals surface area contributed by atoms with Crippen molar-refractivity contribution in [2.45, 2.75) is 6.92 Å². The van der Waals surface area contributed by atoms with Crippen molar-refractivity contribution in [1.82, 2.24) is 10.1 Å². The van der Waals surface area contributed by atoms with Gasteiger partial charge in [0.25, 0.3) is 5.76 Å². The Bertz CT molecular complexity index is 740. The van der Waals surface area contributed by atoms with Crippen LogP contribution in [0.4, 0.5) is 0 Å². The molecule has 0 radical (unpaired) electrons. The van der Waals surface area contributed by atoms with Crippen LogP contribution in [0.2, 0.25) is 0 Å². The summed E-state index contributed by atoms with van der Waals surface area (Å²) in [6, 6.07) is 7.60. The monoisotopic (exact) mass is 242 g/mol. The topological polar surface area (TPSA) is 79.1 Å². The Morgan fingerprint density at radius 1 is 1.39 bits per heavy atom. The summed E-state index contributed by atoms with van der Waals surface area (Å²) in [4.78, 5) is 14.2. The van der Waals surface area contributed by atoms with Gasteiger partial charge in [0.15, 0.2) is 0 Å². The van der Waals surface area contributed by atoms with Gasteiger partial charge in [-0.25, -0.2) is 4.79 Å². The van der Waals surface area contributed by atoms with Gasteiger partial charge >= 0.3 is 5.97 Å². The summed E-state index contributed by atoms with van der Waals surface area (Å²) in [6.45, 7) is 1.73. The number of nitrogens with one attached hydrogen (secondary N) is 1. The van der Waals surface area contributed by atoms with E-state index in [2.05, 4.69) is 10.1 Å². The summed E-state index contributed by atoms with van der Waals surface area (Å²) < 4.78 is 4.85. The molecule has 0 amide bonds. The third-order valence-electron chi connectivity index (χ3n) is 2.90. The minimum Gasteiger partial charge on any atom is -0.475 e. The molecule has 1 aromatic carbocycles. The number of carboxylic acid groups (broad SMARTS) is 1. The largest absolute Gasteiger partial charge is 0.475 e. The van der Waals surface area contributed by atoms with E-state index in [0.717, 1.165) is 16.5 Å². The van der Waals surface area contributed by atoms with Crippen molar-refractivity contribution in [2.24, 2.45) is 0 Å². The molecule has 0 saturated heterocycles. The zero-order valence-electron chi connectivity index (χ0n) is 9.60. The van der Waals surface area contributed by atoms with E-state index in [-0.39, 0.29) is 5.76 Å². The van der Waals surface area contributed by atoms with Gasteiger partial charge in [0.2, 0.25) is 0 Å². The Hall–Kier alpha value is -2.56. The van der Waals surface area contributed by atoms with E-state index in [9.17, 15) is 4.79 Å². The third-order valence-corrected chi connectivity index (χ3v) is 2.90. The number of aromatic amines is 1. The number of hydrogen-bond donors (Lipinski definition) is 2. The van der Waals surface area contributed by atoms with Gasteiger partial charge in [0.1, 0.15) is 0 Å². The second-order valence-corrected chi connectivity index (χ2v) is 4.06. The average molecular weight is 242 g/mol. The number of aryl methyl sites for hydroxylation is 1. The van der Waals surface area contributed by atoms with Crippen molar-refractivity contribution in [1.29, 1.82) is 0 Å². The fraction of sp³-hybridized carbons (Fsp3) is 0.0769. The van der Waals surface area contributed by atoms with Crippen LogP contribution in [-0.4, -0.2) is 21.2 Å². The first-order valence-corrected chi connectivity index (χ1v) is 5.44. The third kappa shape index (κ3) is 1.48. The van der Waals surface area contributed by atoms with Crippen molar-refractivity contribution in [3.63, 3.8) is 0 Å². The van der Waals surface area contributed by atoms with Crippen LogP contribution >= 0.6 is 0 Å². The van der Waals surface area contributed by atoms with Gasteiger partial charge in [-0.1, -0.05) is 11.2 Å². The Labute approximate surface area is 102 Å². The van der Waals surface area contributed by atoms with Gasteiger partial charge in [-0.05, 0) is 36.1 Å². The van der Waals surface area contributed by atoms with Gasteiger partial charge in [0, 0.05) is 11.7 Å². The Morgan fingerprint density at radius 2 is 2.22 bits per heavy atom. The molecule has 18 heavy (non-hydrogen) atoms. The molecule has 0 saturated carbocycles. The summed E-state index contributed by atoms with van der Waals surface area (Å²) in [7, 11) is 0. The molecule has 5 nitrogen and oxygen atoms in total. The predicted octanol–water partition coefficient (Wildman–Crippen LogP) is 2.83. The molecule has 2 N–H and O–H groups in total. The van der Waals surface area contributed by atoms with Crippen LogP contribution in [0.1, 0.15) is 16.2 Å². The van der Waals surface area contributed by atoms with Crippen LogP contribution in [0.15, 0.2) is 35.0 Å². The first-order chi connectivity index (χ1) is 8.66. The smallest absolute Gasteiger partial charge is 0.375 e. The van der Waals surface area contributed by atoms with E-state index in [1.165, 1.54) is 0 Å². The number of H-pyrrole nitrogens is 1. The lowest BCUT2D eigenvalue weighted by Crippen LogP contribution is -1.96. The maximum absolute atomic E-state index is 11.1. The molecule has 2 heterocycles. The SMILES string of the molecule is Cc1noc(C(=O)O)c1-c1ccc2[nH]ccc2c1. The van der Waals surface area contributed by atoms with Crippen molar-refractivity contribution in [2.75, 3.05) is 0 Å². The van der Waals surface area contributed by atoms with E-state index < -0.39 is 5.97 Å². The Kier molecular flexibility index (Phi) is 2.19. The molecule has 0 atom stereocenters. The number of hydrogen-bond acceptors (Lipinski definition) is 3. The summed E-state index contributed by atoms with van der Waals surface area (Å²) >= 11 is 0. The molecule has 3 aromatic rings. The fourth-order valence-corrected chi connectivity index (χ4v) is 2.06. The molecular formula is C13H10N2O3. The maximum Gasteiger partial charge on any atom is 0.375 e. The van der Waals surface area contributed by atoms with E-state index in [0.29, 0.717) is 11.3 Å². The van der Waals surface area contributed by atoms with Crippen molar-refractivity contribution >= 4 is 16.9 Å². The molecule has 0 aliphatic rings. The predicted molar refractivity (Wildman–Crippen MR) is 65.5 cm³/mol. The fourth-order valence-electron chi connectivity index (χ4n) is 2.06. The summed E-state index contributed by atoms with van der Waals surface area (Å²) in [5.41, 5.74) is 2.90. The van der Waals surface area contributed by atoms with Crippen molar-refractivity contribution in [3.8, 4) is 11.1 Å². The zero-order valence-corrected chi connectivity index (χ0v) is 9.60. The summed E-state index contributed by atoms with van der Waals surface area (Å²) in [5, 5.41) is 13.8. The molecule has 0 aliphatic heterocycles. The molecule has 0 aliphatic carbocycles. The summed E-state index contributed by atoms with van der Waals surface area (Å²) in [5.74, 6) is -1.23. The Balaban J connectivity index is 2.24. The number of nitrogens with zero attached hydrogens (tertiary/aromatic N) is 1. The second-order valence-electron chi connectivity index (χ2n) is 4.06. The highest BCUT2D eigenvalue weighted by molar-refractivity contribution is 5.95. The zero-order chi connectivity index (χ0) is 12.7. The lowest BCUT2D eigenvalue weighted by molar-refractivity contribution is 0.0653. The van der Waals surface area contributed by atoms with Crippen LogP contribution in [0, 0.1) is 6.92 Å². The quantitative estimate of drug-likeness (QED) is 0.724.